The second kappa shape index (κ2) is 6.02. The van der Waals surface area contributed by atoms with Crippen molar-refractivity contribution in [2.75, 3.05) is 18.1 Å². The fraction of sp³-hybridized carbons (Fsp3) is 0.917. The van der Waals surface area contributed by atoms with E-state index < -0.39 is 9.84 Å². The van der Waals surface area contributed by atoms with E-state index in [0.717, 1.165) is 12.8 Å². The Morgan fingerprint density at radius 3 is 2.39 bits per heavy atom. The van der Waals surface area contributed by atoms with Gasteiger partial charge in [-0.25, -0.2) is 8.42 Å². The zero-order valence-corrected chi connectivity index (χ0v) is 11.5. The van der Waals surface area contributed by atoms with Gasteiger partial charge in [0.2, 0.25) is 5.91 Å². The number of hydrogen-bond donors (Lipinski definition) is 2. The molecule has 0 aromatic carbocycles. The van der Waals surface area contributed by atoms with Crippen LogP contribution in [0.15, 0.2) is 0 Å². The van der Waals surface area contributed by atoms with Crippen molar-refractivity contribution in [2.24, 2.45) is 0 Å². The maximum absolute atomic E-state index is 11.7. The molecule has 1 atom stereocenters. The molecule has 1 aliphatic carbocycles. The van der Waals surface area contributed by atoms with E-state index >= 15 is 0 Å². The molecule has 0 aromatic heterocycles. The molecule has 2 aliphatic rings. The summed E-state index contributed by atoms with van der Waals surface area (Å²) in [4.78, 5) is 11.7. The molecule has 104 valence electrons. The first-order valence-electron chi connectivity index (χ1n) is 6.78. The van der Waals surface area contributed by atoms with Crippen LogP contribution in [0.2, 0.25) is 0 Å². The Kier molecular flexibility index (Phi) is 4.61. The fourth-order valence-electron chi connectivity index (χ4n) is 2.73. The molecule has 2 fully saturated rings. The molecule has 1 saturated carbocycles. The largest absolute Gasteiger partial charge is 0.351 e. The summed E-state index contributed by atoms with van der Waals surface area (Å²) in [5, 5.41) is 6.05. The fourth-order valence-corrected chi connectivity index (χ4v) is 4.40. The number of sulfone groups is 1. The van der Waals surface area contributed by atoms with Crippen molar-refractivity contribution in [3.63, 3.8) is 0 Å². The maximum atomic E-state index is 11.7. The average molecular weight is 274 g/mol. The molecule has 18 heavy (non-hydrogen) atoms. The minimum Gasteiger partial charge on any atom is -0.351 e. The number of hydrogen-bond acceptors (Lipinski definition) is 4. The summed E-state index contributed by atoms with van der Waals surface area (Å²) in [5.74, 6) is 0.221. The highest BCUT2D eigenvalue weighted by atomic mass is 32.2. The molecule has 0 bridgehead atoms. The van der Waals surface area contributed by atoms with Gasteiger partial charge < -0.3 is 10.6 Å². The lowest BCUT2D eigenvalue weighted by atomic mass is 9.95. The summed E-state index contributed by atoms with van der Waals surface area (Å²) in [6.07, 6.45) is 6.61. The Morgan fingerprint density at radius 1 is 1.06 bits per heavy atom. The molecule has 1 heterocycles. The summed E-state index contributed by atoms with van der Waals surface area (Å²) in [5.41, 5.74) is 0. The summed E-state index contributed by atoms with van der Waals surface area (Å²) in [6.45, 7) is 0.307. The van der Waals surface area contributed by atoms with Crippen molar-refractivity contribution < 1.29 is 13.2 Å². The van der Waals surface area contributed by atoms with E-state index in [1.54, 1.807) is 0 Å². The molecule has 2 rings (SSSR count). The van der Waals surface area contributed by atoms with Crippen molar-refractivity contribution in [1.29, 1.82) is 0 Å². The highest BCUT2D eigenvalue weighted by Gasteiger charge is 2.28. The maximum Gasteiger partial charge on any atom is 0.234 e. The van der Waals surface area contributed by atoms with Crippen LogP contribution in [0, 0.1) is 0 Å². The van der Waals surface area contributed by atoms with Gasteiger partial charge in [0.25, 0.3) is 0 Å². The van der Waals surface area contributed by atoms with E-state index in [-0.39, 0.29) is 23.5 Å². The Hall–Kier alpha value is -0.620. The van der Waals surface area contributed by atoms with E-state index in [2.05, 4.69) is 10.6 Å². The number of nitrogens with one attached hydrogen (secondary N) is 2. The zero-order chi connectivity index (χ0) is 13.0. The van der Waals surface area contributed by atoms with E-state index in [1.807, 2.05) is 0 Å². The molecule has 0 aromatic rings. The second-order valence-electron chi connectivity index (χ2n) is 5.38. The Morgan fingerprint density at radius 2 is 1.78 bits per heavy atom. The third-order valence-electron chi connectivity index (χ3n) is 3.75. The molecule has 0 radical (unpaired) electrons. The van der Waals surface area contributed by atoms with Crippen LogP contribution in [0.4, 0.5) is 0 Å². The standard InChI is InChI=1S/C12H22N2O3S/c15-12(8-13-10-4-2-1-3-5-10)14-11-6-7-18(16,17)9-11/h10-11,13H,1-9H2,(H,14,15). The molecule has 1 unspecified atom stereocenters. The zero-order valence-electron chi connectivity index (χ0n) is 10.7. The first-order chi connectivity index (χ1) is 8.55. The second-order valence-corrected chi connectivity index (χ2v) is 7.61. The Balaban J connectivity index is 1.66. The summed E-state index contributed by atoms with van der Waals surface area (Å²) < 4.78 is 22.5. The minimum atomic E-state index is -2.91. The smallest absolute Gasteiger partial charge is 0.234 e. The molecule has 0 spiro atoms. The molecule has 2 N–H and O–H groups in total. The van der Waals surface area contributed by atoms with Gasteiger partial charge in [-0.15, -0.1) is 0 Å². The molecular formula is C12H22N2O3S. The predicted molar refractivity (Wildman–Crippen MR) is 70.1 cm³/mol. The van der Waals surface area contributed by atoms with Gasteiger partial charge in [0.1, 0.15) is 0 Å². The van der Waals surface area contributed by atoms with E-state index in [9.17, 15) is 13.2 Å². The van der Waals surface area contributed by atoms with Gasteiger partial charge in [-0.3, -0.25) is 4.79 Å². The first kappa shape index (κ1) is 13.8. The van der Waals surface area contributed by atoms with Gasteiger partial charge in [-0.1, -0.05) is 19.3 Å². The van der Waals surface area contributed by atoms with E-state index in [4.69, 9.17) is 0 Å². The Bertz CT molecular complexity index is 388. The van der Waals surface area contributed by atoms with Crippen LogP contribution in [0.1, 0.15) is 38.5 Å². The summed E-state index contributed by atoms with van der Waals surface area (Å²) in [7, 11) is -2.91. The van der Waals surface area contributed by atoms with Gasteiger partial charge in [-0.05, 0) is 19.3 Å². The molecule has 1 saturated heterocycles. The van der Waals surface area contributed by atoms with Crippen LogP contribution in [0.5, 0.6) is 0 Å². The topological polar surface area (TPSA) is 75.3 Å². The molecule has 1 amide bonds. The van der Waals surface area contributed by atoms with E-state index in [0.29, 0.717) is 19.0 Å². The van der Waals surface area contributed by atoms with Crippen LogP contribution in [-0.4, -0.2) is 44.5 Å². The molecule has 5 nitrogen and oxygen atoms in total. The highest BCUT2D eigenvalue weighted by Crippen LogP contribution is 2.17. The quantitative estimate of drug-likeness (QED) is 0.768. The lowest BCUT2D eigenvalue weighted by molar-refractivity contribution is -0.120. The monoisotopic (exact) mass is 274 g/mol. The molecular weight excluding hydrogens is 252 g/mol. The van der Waals surface area contributed by atoms with Gasteiger partial charge in [0, 0.05) is 12.1 Å². The number of amides is 1. The minimum absolute atomic E-state index is 0.0809. The predicted octanol–water partition coefficient (Wildman–Crippen LogP) is 0.212. The SMILES string of the molecule is O=C(CNC1CCCCC1)NC1CCS(=O)(=O)C1. The lowest BCUT2D eigenvalue weighted by Gasteiger charge is -2.22. The lowest BCUT2D eigenvalue weighted by Crippen LogP contribution is -2.44. The average Bonchev–Trinajstić information content (AvgIpc) is 2.67. The Labute approximate surface area is 109 Å². The van der Waals surface area contributed by atoms with Crippen molar-refractivity contribution in [3.8, 4) is 0 Å². The molecule has 6 heteroatoms. The van der Waals surface area contributed by atoms with Crippen molar-refractivity contribution in [3.05, 3.63) is 0 Å². The first-order valence-corrected chi connectivity index (χ1v) is 8.60. The van der Waals surface area contributed by atoms with Gasteiger partial charge in [0.05, 0.1) is 18.1 Å². The van der Waals surface area contributed by atoms with Crippen LogP contribution in [-0.2, 0) is 14.6 Å². The van der Waals surface area contributed by atoms with Crippen LogP contribution >= 0.6 is 0 Å². The van der Waals surface area contributed by atoms with Crippen molar-refractivity contribution in [2.45, 2.75) is 50.6 Å². The summed E-state index contributed by atoms with van der Waals surface area (Å²) in [6, 6.07) is 0.271. The van der Waals surface area contributed by atoms with Crippen molar-refractivity contribution >= 4 is 15.7 Å². The van der Waals surface area contributed by atoms with Gasteiger partial charge in [0.15, 0.2) is 9.84 Å². The number of carbonyl (C=O) groups excluding carboxylic acids is 1. The van der Waals surface area contributed by atoms with Gasteiger partial charge in [-0.2, -0.15) is 0 Å². The number of carbonyl (C=O) groups is 1. The highest BCUT2D eigenvalue weighted by molar-refractivity contribution is 7.91. The third kappa shape index (κ3) is 4.24. The van der Waals surface area contributed by atoms with Crippen molar-refractivity contribution in [1.82, 2.24) is 10.6 Å². The van der Waals surface area contributed by atoms with Crippen LogP contribution < -0.4 is 10.6 Å². The molecule has 1 aliphatic heterocycles. The normalized spacial score (nSPS) is 28.1. The number of rotatable bonds is 4. The summed E-state index contributed by atoms with van der Waals surface area (Å²) >= 11 is 0. The van der Waals surface area contributed by atoms with Crippen LogP contribution in [0.25, 0.3) is 0 Å². The third-order valence-corrected chi connectivity index (χ3v) is 5.52. The van der Waals surface area contributed by atoms with Crippen LogP contribution in [0.3, 0.4) is 0 Å². The van der Waals surface area contributed by atoms with Gasteiger partial charge >= 0.3 is 0 Å². The van der Waals surface area contributed by atoms with E-state index in [1.165, 1.54) is 19.3 Å².